The number of rotatable bonds is 7. The zero-order valence-electron chi connectivity index (χ0n) is 10.5. The molecule has 0 radical (unpaired) electrons. The van der Waals surface area contributed by atoms with E-state index in [1.807, 2.05) is 0 Å². The Balaban J connectivity index is 2.99. The molecule has 19 heavy (non-hydrogen) atoms. The minimum Gasteiger partial charge on any atom is -0.398 e. The standard InChI is InChI=1S/C11H17BrN2O4S/c1-18-7-9(4-5-15)14-19(16,17)11-6-8(12)2-3-10(11)13/h2-3,6,9,14-15H,4-5,7,13H2,1H3. The highest BCUT2D eigenvalue weighted by molar-refractivity contribution is 9.10. The minimum absolute atomic E-state index is 0.000850. The minimum atomic E-state index is -3.75. The Bertz CT molecular complexity index is 515. The van der Waals surface area contributed by atoms with Gasteiger partial charge >= 0.3 is 0 Å². The van der Waals surface area contributed by atoms with Crippen LogP contribution in [-0.2, 0) is 14.8 Å². The topological polar surface area (TPSA) is 102 Å². The molecule has 0 saturated carbocycles. The van der Waals surface area contributed by atoms with E-state index in [1.54, 1.807) is 6.07 Å². The van der Waals surface area contributed by atoms with Gasteiger partial charge in [-0.1, -0.05) is 15.9 Å². The summed E-state index contributed by atoms with van der Waals surface area (Å²) in [6, 6.07) is 4.10. The van der Waals surface area contributed by atoms with Crippen molar-refractivity contribution in [2.24, 2.45) is 0 Å². The predicted octanol–water partition coefficient (Wildman–Crippen LogP) is 0.707. The van der Waals surface area contributed by atoms with Gasteiger partial charge in [0.1, 0.15) is 4.90 Å². The Hall–Kier alpha value is -0.670. The zero-order valence-corrected chi connectivity index (χ0v) is 12.9. The molecule has 1 aromatic rings. The van der Waals surface area contributed by atoms with Crippen molar-refractivity contribution in [3.05, 3.63) is 22.7 Å². The maximum atomic E-state index is 12.2. The van der Waals surface area contributed by atoms with Gasteiger partial charge in [-0.2, -0.15) is 0 Å². The lowest BCUT2D eigenvalue weighted by Crippen LogP contribution is -2.38. The summed E-state index contributed by atoms with van der Waals surface area (Å²) in [5.41, 5.74) is 5.84. The van der Waals surface area contributed by atoms with Crippen molar-refractivity contribution in [2.75, 3.05) is 26.1 Å². The van der Waals surface area contributed by atoms with Gasteiger partial charge in [0.15, 0.2) is 0 Å². The molecule has 6 nitrogen and oxygen atoms in total. The van der Waals surface area contributed by atoms with E-state index in [9.17, 15) is 8.42 Å². The molecule has 0 bridgehead atoms. The summed E-state index contributed by atoms with van der Waals surface area (Å²) in [6.07, 6.45) is 0.265. The molecule has 0 heterocycles. The molecule has 0 aliphatic heterocycles. The number of benzene rings is 1. The average molecular weight is 353 g/mol. The molecular weight excluding hydrogens is 336 g/mol. The van der Waals surface area contributed by atoms with Crippen LogP contribution in [0.4, 0.5) is 5.69 Å². The number of nitrogens with one attached hydrogen (secondary N) is 1. The molecule has 108 valence electrons. The van der Waals surface area contributed by atoms with E-state index in [-0.39, 0.29) is 30.2 Å². The Morgan fingerprint density at radius 1 is 1.53 bits per heavy atom. The molecule has 1 aromatic carbocycles. The first kappa shape index (κ1) is 16.4. The third kappa shape index (κ3) is 4.73. The third-order valence-electron chi connectivity index (χ3n) is 2.43. The number of hydrogen-bond acceptors (Lipinski definition) is 5. The maximum absolute atomic E-state index is 12.2. The number of sulfonamides is 1. The van der Waals surface area contributed by atoms with Crippen LogP contribution < -0.4 is 10.5 Å². The Labute approximate surface area is 121 Å². The van der Waals surface area contributed by atoms with E-state index in [1.165, 1.54) is 19.2 Å². The third-order valence-corrected chi connectivity index (χ3v) is 4.50. The lowest BCUT2D eigenvalue weighted by atomic mass is 10.2. The molecule has 0 aliphatic rings. The van der Waals surface area contributed by atoms with Gasteiger partial charge < -0.3 is 15.6 Å². The number of anilines is 1. The van der Waals surface area contributed by atoms with Gasteiger partial charge in [0, 0.05) is 24.2 Å². The highest BCUT2D eigenvalue weighted by Gasteiger charge is 2.22. The molecule has 0 aromatic heterocycles. The van der Waals surface area contributed by atoms with Crippen LogP contribution >= 0.6 is 15.9 Å². The fourth-order valence-corrected chi connectivity index (χ4v) is 3.48. The van der Waals surface area contributed by atoms with Crippen LogP contribution in [0.25, 0.3) is 0 Å². The highest BCUT2D eigenvalue weighted by atomic mass is 79.9. The number of nitrogen functional groups attached to an aromatic ring is 1. The molecule has 0 aliphatic carbocycles. The van der Waals surface area contributed by atoms with Crippen molar-refractivity contribution in [1.29, 1.82) is 0 Å². The number of aliphatic hydroxyl groups is 1. The first-order valence-corrected chi connectivity index (χ1v) is 7.85. The van der Waals surface area contributed by atoms with Crippen LogP contribution in [-0.4, -0.2) is 39.9 Å². The number of ether oxygens (including phenoxy) is 1. The first-order chi connectivity index (χ1) is 8.90. The highest BCUT2D eigenvalue weighted by Crippen LogP contribution is 2.23. The Morgan fingerprint density at radius 2 is 2.21 bits per heavy atom. The zero-order chi connectivity index (χ0) is 14.5. The molecule has 0 fully saturated rings. The van der Waals surface area contributed by atoms with Crippen LogP contribution in [0.1, 0.15) is 6.42 Å². The maximum Gasteiger partial charge on any atom is 0.242 e. The molecule has 0 spiro atoms. The van der Waals surface area contributed by atoms with Crippen molar-refractivity contribution in [1.82, 2.24) is 4.72 Å². The van der Waals surface area contributed by atoms with E-state index < -0.39 is 16.1 Å². The van der Waals surface area contributed by atoms with Gasteiger partial charge in [-0.15, -0.1) is 0 Å². The predicted molar refractivity (Wildman–Crippen MR) is 76.2 cm³/mol. The SMILES string of the molecule is COCC(CCO)NS(=O)(=O)c1cc(Br)ccc1N. The number of nitrogens with two attached hydrogens (primary N) is 1. The second kappa shape index (κ2) is 7.20. The Kier molecular flexibility index (Phi) is 6.21. The van der Waals surface area contributed by atoms with Gasteiger partial charge in [0.05, 0.1) is 12.3 Å². The summed E-state index contributed by atoms with van der Waals surface area (Å²) in [6.45, 7) is 0.0399. The molecular formula is C11H17BrN2O4S. The summed E-state index contributed by atoms with van der Waals surface area (Å²) in [5.74, 6) is 0. The number of hydrogen-bond donors (Lipinski definition) is 3. The second-order valence-electron chi connectivity index (χ2n) is 3.97. The fourth-order valence-electron chi connectivity index (χ4n) is 1.56. The molecule has 0 saturated heterocycles. The van der Waals surface area contributed by atoms with Crippen LogP contribution in [0, 0.1) is 0 Å². The summed E-state index contributed by atoms with van der Waals surface area (Å²) in [7, 11) is -2.29. The fraction of sp³-hybridized carbons (Fsp3) is 0.455. The lowest BCUT2D eigenvalue weighted by molar-refractivity contribution is 0.158. The van der Waals surface area contributed by atoms with Crippen LogP contribution in [0.2, 0.25) is 0 Å². The van der Waals surface area contributed by atoms with Gasteiger partial charge in [0.25, 0.3) is 0 Å². The van der Waals surface area contributed by atoms with Gasteiger partial charge in [0.2, 0.25) is 10.0 Å². The average Bonchev–Trinajstić information content (AvgIpc) is 2.32. The smallest absolute Gasteiger partial charge is 0.242 e. The van der Waals surface area contributed by atoms with E-state index in [0.29, 0.717) is 4.47 Å². The van der Waals surface area contributed by atoms with Crippen LogP contribution in [0.3, 0.4) is 0 Å². The van der Waals surface area contributed by atoms with Crippen LogP contribution in [0.5, 0.6) is 0 Å². The van der Waals surface area contributed by atoms with Gasteiger partial charge in [-0.05, 0) is 24.6 Å². The van der Waals surface area contributed by atoms with Crippen molar-refractivity contribution < 1.29 is 18.3 Å². The molecule has 8 heteroatoms. The summed E-state index contributed by atoms with van der Waals surface area (Å²) < 4.78 is 32.4. The Morgan fingerprint density at radius 3 is 2.79 bits per heavy atom. The monoisotopic (exact) mass is 352 g/mol. The van der Waals surface area contributed by atoms with Crippen molar-refractivity contribution in [2.45, 2.75) is 17.4 Å². The van der Waals surface area contributed by atoms with Crippen molar-refractivity contribution in [3.8, 4) is 0 Å². The summed E-state index contributed by atoms with van der Waals surface area (Å²) in [4.78, 5) is 0.000850. The molecule has 1 atom stereocenters. The van der Waals surface area contributed by atoms with E-state index in [2.05, 4.69) is 20.7 Å². The number of halogens is 1. The summed E-state index contributed by atoms with van der Waals surface area (Å²) in [5, 5.41) is 8.91. The van der Waals surface area contributed by atoms with E-state index >= 15 is 0 Å². The molecule has 1 rings (SSSR count). The quantitative estimate of drug-likeness (QED) is 0.627. The molecule has 0 amide bonds. The normalized spacial score (nSPS) is 13.4. The van der Waals surface area contributed by atoms with Crippen molar-refractivity contribution in [3.63, 3.8) is 0 Å². The van der Waals surface area contributed by atoms with E-state index in [4.69, 9.17) is 15.6 Å². The second-order valence-corrected chi connectivity index (χ2v) is 6.57. The van der Waals surface area contributed by atoms with Crippen LogP contribution in [0.15, 0.2) is 27.6 Å². The molecule has 1 unspecified atom stereocenters. The van der Waals surface area contributed by atoms with Crippen molar-refractivity contribution >= 4 is 31.6 Å². The first-order valence-electron chi connectivity index (χ1n) is 5.58. The number of aliphatic hydroxyl groups excluding tert-OH is 1. The lowest BCUT2D eigenvalue weighted by Gasteiger charge is -2.17. The van der Waals surface area contributed by atoms with E-state index in [0.717, 1.165) is 0 Å². The largest absolute Gasteiger partial charge is 0.398 e. The molecule has 4 N–H and O–H groups in total. The number of methoxy groups -OCH3 is 1. The van der Waals surface area contributed by atoms with Gasteiger partial charge in [-0.3, -0.25) is 0 Å². The van der Waals surface area contributed by atoms with Gasteiger partial charge in [-0.25, -0.2) is 13.1 Å². The summed E-state index contributed by atoms with van der Waals surface area (Å²) >= 11 is 3.20.